The fraction of sp³-hybridized carbons (Fsp3) is 0.381. The van der Waals surface area contributed by atoms with Crippen molar-refractivity contribution in [1.29, 1.82) is 0 Å². The molecule has 0 saturated carbocycles. The highest BCUT2D eigenvalue weighted by Crippen LogP contribution is 2.32. The van der Waals surface area contributed by atoms with Crippen LogP contribution in [0.2, 0.25) is 0 Å². The van der Waals surface area contributed by atoms with E-state index in [0.29, 0.717) is 29.9 Å². The highest BCUT2D eigenvalue weighted by molar-refractivity contribution is 6.43. The predicted molar refractivity (Wildman–Crippen MR) is 104 cm³/mol. The van der Waals surface area contributed by atoms with Gasteiger partial charge in [-0.05, 0) is 40.2 Å². The summed E-state index contributed by atoms with van der Waals surface area (Å²) in [5, 5.41) is 0. The maximum atomic E-state index is 12.9. The number of H-pyrrole nitrogens is 1. The SMILES string of the molecule is CCOC(=O)c1c(C)[nH]c(C(=O)C(=O)N(CC)CC)c1-c1ccc(C)cc1. The van der Waals surface area contributed by atoms with Gasteiger partial charge < -0.3 is 14.6 Å². The molecule has 6 nitrogen and oxygen atoms in total. The Bertz CT molecular complexity index is 846. The summed E-state index contributed by atoms with van der Waals surface area (Å²) < 4.78 is 5.17. The fourth-order valence-corrected chi connectivity index (χ4v) is 3.02. The van der Waals surface area contributed by atoms with Crippen molar-refractivity contribution < 1.29 is 19.1 Å². The number of rotatable bonds is 7. The van der Waals surface area contributed by atoms with Crippen molar-refractivity contribution in [3.63, 3.8) is 0 Å². The van der Waals surface area contributed by atoms with Gasteiger partial charge in [0.25, 0.3) is 11.7 Å². The minimum absolute atomic E-state index is 0.122. The van der Waals surface area contributed by atoms with E-state index in [9.17, 15) is 14.4 Å². The number of carbonyl (C=O) groups excluding carboxylic acids is 3. The molecule has 0 fully saturated rings. The molecule has 1 N–H and O–H groups in total. The molecule has 1 amide bonds. The van der Waals surface area contributed by atoms with E-state index in [4.69, 9.17) is 4.74 Å². The Balaban J connectivity index is 2.65. The number of Topliss-reactive ketones (excluding diaryl/α,β-unsaturated/α-hetero) is 1. The topological polar surface area (TPSA) is 79.5 Å². The first-order valence-corrected chi connectivity index (χ1v) is 9.15. The summed E-state index contributed by atoms with van der Waals surface area (Å²) in [4.78, 5) is 42.5. The van der Waals surface area contributed by atoms with Gasteiger partial charge in [-0.25, -0.2) is 4.79 Å². The minimum Gasteiger partial charge on any atom is -0.462 e. The molecule has 0 atom stereocenters. The molecule has 0 unspecified atom stereocenters. The third kappa shape index (κ3) is 4.10. The molecule has 2 aromatic rings. The number of carbonyl (C=O) groups is 3. The number of aromatic amines is 1. The van der Waals surface area contributed by atoms with Crippen LogP contribution >= 0.6 is 0 Å². The Morgan fingerprint density at radius 1 is 1.00 bits per heavy atom. The zero-order valence-electron chi connectivity index (χ0n) is 16.5. The number of ether oxygens (including phenoxy) is 1. The number of aromatic nitrogens is 1. The van der Waals surface area contributed by atoms with Gasteiger partial charge in [-0.3, -0.25) is 9.59 Å². The maximum absolute atomic E-state index is 12.9. The van der Waals surface area contributed by atoms with E-state index in [0.717, 1.165) is 5.56 Å². The van der Waals surface area contributed by atoms with Crippen molar-refractivity contribution in [1.82, 2.24) is 9.88 Å². The number of nitrogens with zero attached hydrogens (tertiary/aromatic N) is 1. The van der Waals surface area contributed by atoms with Gasteiger partial charge in [0.15, 0.2) is 0 Å². The summed E-state index contributed by atoms with van der Waals surface area (Å²) in [5.74, 6) is -1.77. The molecule has 1 heterocycles. The van der Waals surface area contributed by atoms with Crippen molar-refractivity contribution in [3.05, 3.63) is 46.8 Å². The first-order valence-electron chi connectivity index (χ1n) is 9.15. The highest BCUT2D eigenvalue weighted by Gasteiger charge is 2.31. The van der Waals surface area contributed by atoms with Crippen molar-refractivity contribution in [3.8, 4) is 11.1 Å². The molecule has 0 aliphatic carbocycles. The van der Waals surface area contributed by atoms with Crippen LogP contribution in [0.25, 0.3) is 11.1 Å². The van der Waals surface area contributed by atoms with Crippen LogP contribution < -0.4 is 0 Å². The number of ketones is 1. The van der Waals surface area contributed by atoms with Gasteiger partial charge in [-0.15, -0.1) is 0 Å². The maximum Gasteiger partial charge on any atom is 0.340 e. The number of hydrogen-bond donors (Lipinski definition) is 1. The van der Waals surface area contributed by atoms with Gasteiger partial charge in [0, 0.05) is 24.3 Å². The lowest BCUT2D eigenvalue weighted by molar-refractivity contribution is -0.126. The van der Waals surface area contributed by atoms with Crippen molar-refractivity contribution in [2.75, 3.05) is 19.7 Å². The smallest absolute Gasteiger partial charge is 0.340 e. The highest BCUT2D eigenvalue weighted by atomic mass is 16.5. The van der Waals surface area contributed by atoms with Gasteiger partial charge >= 0.3 is 5.97 Å². The summed E-state index contributed by atoms with van der Waals surface area (Å²) in [6.45, 7) is 10.1. The second-order valence-corrected chi connectivity index (χ2v) is 6.27. The minimum atomic E-state index is -0.659. The van der Waals surface area contributed by atoms with E-state index < -0.39 is 17.7 Å². The standard InChI is InChI=1S/C21H26N2O4/c1-6-23(7-2)20(25)19(24)18-17(15-11-9-13(4)10-12-15)16(14(5)22-18)21(26)27-8-3/h9-12,22H,6-8H2,1-5H3. The molecular formula is C21H26N2O4. The number of amides is 1. The molecule has 144 valence electrons. The van der Waals surface area contributed by atoms with Crippen LogP contribution in [0.15, 0.2) is 24.3 Å². The van der Waals surface area contributed by atoms with Crippen LogP contribution in [-0.2, 0) is 9.53 Å². The molecule has 2 rings (SSSR count). The van der Waals surface area contributed by atoms with Crippen molar-refractivity contribution in [2.45, 2.75) is 34.6 Å². The largest absolute Gasteiger partial charge is 0.462 e. The second-order valence-electron chi connectivity index (χ2n) is 6.27. The van der Waals surface area contributed by atoms with Crippen LogP contribution in [0.3, 0.4) is 0 Å². The van der Waals surface area contributed by atoms with E-state index in [1.165, 1.54) is 4.90 Å². The lowest BCUT2D eigenvalue weighted by Gasteiger charge is -2.17. The summed E-state index contributed by atoms with van der Waals surface area (Å²) in [6, 6.07) is 7.46. The zero-order chi connectivity index (χ0) is 20.1. The predicted octanol–water partition coefficient (Wildman–Crippen LogP) is 3.53. The number of aryl methyl sites for hydroxylation is 2. The summed E-state index contributed by atoms with van der Waals surface area (Å²) >= 11 is 0. The van der Waals surface area contributed by atoms with Crippen molar-refractivity contribution >= 4 is 17.7 Å². The van der Waals surface area contributed by atoms with Gasteiger partial charge in [0.2, 0.25) is 0 Å². The van der Waals surface area contributed by atoms with Gasteiger partial charge in [0.1, 0.15) is 5.69 Å². The first kappa shape index (κ1) is 20.4. The quantitative estimate of drug-likeness (QED) is 0.459. The molecule has 0 bridgehead atoms. The Hall–Kier alpha value is -2.89. The Kier molecular flexibility index (Phi) is 6.55. The second kappa shape index (κ2) is 8.66. The Morgan fingerprint density at radius 2 is 1.59 bits per heavy atom. The van der Waals surface area contributed by atoms with Gasteiger partial charge in [-0.2, -0.15) is 0 Å². The van der Waals surface area contributed by atoms with Crippen LogP contribution in [0.1, 0.15) is 52.9 Å². The molecule has 6 heteroatoms. The van der Waals surface area contributed by atoms with Crippen LogP contribution in [0.5, 0.6) is 0 Å². The fourth-order valence-electron chi connectivity index (χ4n) is 3.02. The molecular weight excluding hydrogens is 344 g/mol. The average Bonchev–Trinajstić information content (AvgIpc) is 3.00. The van der Waals surface area contributed by atoms with Crippen LogP contribution in [0, 0.1) is 13.8 Å². The van der Waals surface area contributed by atoms with E-state index >= 15 is 0 Å². The summed E-state index contributed by atoms with van der Waals surface area (Å²) in [7, 11) is 0. The zero-order valence-corrected chi connectivity index (χ0v) is 16.5. The third-order valence-electron chi connectivity index (χ3n) is 4.48. The van der Waals surface area contributed by atoms with E-state index in [-0.39, 0.29) is 17.9 Å². The molecule has 0 spiro atoms. The van der Waals surface area contributed by atoms with Gasteiger partial charge in [-0.1, -0.05) is 29.8 Å². The normalized spacial score (nSPS) is 10.6. The van der Waals surface area contributed by atoms with E-state index in [2.05, 4.69) is 4.98 Å². The molecule has 0 saturated heterocycles. The molecule has 0 radical (unpaired) electrons. The van der Waals surface area contributed by atoms with Gasteiger partial charge in [0.05, 0.1) is 12.2 Å². The number of likely N-dealkylation sites (N-methyl/N-ethyl adjacent to an activating group) is 1. The lowest BCUT2D eigenvalue weighted by atomic mass is 9.97. The average molecular weight is 370 g/mol. The van der Waals surface area contributed by atoms with E-state index in [1.807, 2.05) is 45.0 Å². The number of nitrogens with one attached hydrogen (secondary N) is 1. The van der Waals surface area contributed by atoms with Crippen LogP contribution in [0.4, 0.5) is 0 Å². The first-order chi connectivity index (χ1) is 12.8. The number of benzene rings is 1. The monoisotopic (exact) mass is 370 g/mol. The number of hydrogen-bond acceptors (Lipinski definition) is 4. The van der Waals surface area contributed by atoms with Crippen LogP contribution in [-0.4, -0.2) is 47.2 Å². The molecule has 0 aliphatic heterocycles. The Labute approximate surface area is 159 Å². The third-order valence-corrected chi connectivity index (χ3v) is 4.48. The lowest BCUT2D eigenvalue weighted by Crippen LogP contribution is -2.36. The molecule has 0 aliphatic rings. The molecule has 27 heavy (non-hydrogen) atoms. The molecule has 1 aromatic carbocycles. The summed E-state index contributed by atoms with van der Waals surface area (Å²) in [6.07, 6.45) is 0. The van der Waals surface area contributed by atoms with E-state index in [1.54, 1.807) is 13.8 Å². The summed E-state index contributed by atoms with van der Waals surface area (Å²) in [5.41, 5.74) is 3.06. The number of esters is 1. The van der Waals surface area contributed by atoms with Crippen molar-refractivity contribution in [2.24, 2.45) is 0 Å². The Morgan fingerprint density at radius 3 is 2.11 bits per heavy atom. The molecule has 1 aromatic heterocycles.